The van der Waals surface area contributed by atoms with Crippen molar-refractivity contribution in [1.82, 2.24) is 10.3 Å². The maximum Gasteiger partial charge on any atom is 0.219 e. The molecule has 19 heavy (non-hydrogen) atoms. The summed E-state index contributed by atoms with van der Waals surface area (Å²) in [6, 6.07) is 11.7. The third kappa shape index (κ3) is 4.33. The molecule has 0 aliphatic carbocycles. The van der Waals surface area contributed by atoms with Crippen LogP contribution in [0.25, 0.3) is 0 Å². The Balaban J connectivity index is 2.05. The van der Waals surface area contributed by atoms with Crippen molar-refractivity contribution >= 4 is 15.9 Å². The van der Waals surface area contributed by atoms with Gasteiger partial charge in [-0.15, -0.1) is 0 Å². The first-order valence-corrected chi connectivity index (χ1v) is 7.17. The number of para-hydroxylation sites is 1. The molecule has 100 valence electrons. The highest BCUT2D eigenvalue weighted by Gasteiger charge is 2.03. The van der Waals surface area contributed by atoms with E-state index in [1.54, 1.807) is 6.20 Å². The Hall–Kier alpha value is -1.39. The van der Waals surface area contributed by atoms with Gasteiger partial charge in [0.1, 0.15) is 5.75 Å². The zero-order valence-electron chi connectivity index (χ0n) is 10.9. The normalized spacial score (nSPS) is 10.4. The first-order valence-electron chi connectivity index (χ1n) is 6.37. The largest absolute Gasteiger partial charge is 0.438 e. The molecule has 2 rings (SSSR count). The Bertz CT molecular complexity index is 531. The average molecular weight is 321 g/mol. The van der Waals surface area contributed by atoms with Gasteiger partial charge in [0.2, 0.25) is 5.88 Å². The van der Waals surface area contributed by atoms with Crippen LogP contribution in [0.3, 0.4) is 0 Å². The molecule has 0 spiro atoms. The minimum Gasteiger partial charge on any atom is -0.438 e. The lowest BCUT2D eigenvalue weighted by Gasteiger charge is -2.08. The van der Waals surface area contributed by atoms with E-state index in [0.29, 0.717) is 5.88 Å². The predicted molar refractivity (Wildman–Crippen MR) is 80.5 cm³/mol. The fourth-order valence-corrected chi connectivity index (χ4v) is 2.03. The molecule has 0 fully saturated rings. The molecule has 3 nitrogen and oxygen atoms in total. The molecule has 0 aliphatic heterocycles. The third-order valence-electron chi connectivity index (χ3n) is 2.61. The molecule has 1 N–H and O–H groups in total. The summed E-state index contributed by atoms with van der Waals surface area (Å²) in [5.74, 6) is 1.39. The van der Waals surface area contributed by atoms with Crippen LogP contribution >= 0.6 is 15.9 Å². The molecule has 1 heterocycles. The number of ether oxygens (including phenoxy) is 1. The Kier molecular flexibility index (Phi) is 5.36. The second kappa shape index (κ2) is 7.26. The monoisotopic (exact) mass is 320 g/mol. The van der Waals surface area contributed by atoms with E-state index >= 15 is 0 Å². The van der Waals surface area contributed by atoms with Crippen molar-refractivity contribution in [3.8, 4) is 11.6 Å². The van der Waals surface area contributed by atoms with Crippen LogP contribution in [0.1, 0.15) is 18.9 Å². The standard InChI is InChI=1S/C15H17BrN2O/c1-2-8-17-11-12-7-9-18-15(10-12)19-14-6-4-3-5-13(14)16/h3-7,9-10,17H,2,8,11H2,1H3. The molecule has 0 amide bonds. The Morgan fingerprint density at radius 3 is 2.89 bits per heavy atom. The lowest BCUT2D eigenvalue weighted by atomic mass is 10.2. The summed E-state index contributed by atoms with van der Waals surface area (Å²) in [4.78, 5) is 4.23. The van der Waals surface area contributed by atoms with Crippen molar-refractivity contribution in [3.63, 3.8) is 0 Å². The quantitative estimate of drug-likeness (QED) is 0.812. The van der Waals surface area contributed by atoms with Gasteiger partial charge >= 0.3 is 0 Å². The Morgan fingerprint density at radius 2 is 2.11 bits per heavy atom. The van der Waals surface area contributed by atoms with Crippen LogP contribution in [-0.2, 0) is 6.54 Å². The molecule has 0 atom stereocenters. The van der Waals surface area contributed by atoms with E-state index in [0.717, 1.165) is 29.7 Å². The minimum atomic E-state index is 0.614. The van der Waals surface area contributed by atoms with Crippen LogP contribution in [0.2, 0.25) is 0 Å². The van der Waals surface area contributed by atoms with Crippen LogP contribution in [0, 0.1) is 0 Å². The molecule has 0 unspecified atom stereocenters. The van der Waals surface area contributed by atoms with Crippen molar-refractivity contribution in [2.24, 2.45) is 0 Å². The summed E-state index contributed by atoms with van der Waals surface area (Å²) >= 11 is 3.46. The summed E-state index contributed by atoms with van der Waals surface area (Å²) in [5.41, 5.74) is 1.17. The summed E-state index contributed by atoms with van der Waals surface area (Å²) in [6.07, 6.45) is 2.90. The van der Waals surface area contributed by atoms with E-state index in [4.69, 9.17) is 4.74 Å². The Labute approximate surface area is 122 Å². The summed E-state index contributed by atoms with van der Waals surface area (Å²) in [5, 5.41) is 3.36. The third-order valence-corrected chi connectivity index (χ3v) is 3.26. The fourth-order valence-electron chi connectivity index (χ4n) is 1.67. The van der Waals surface area contributed by atoms with Crippen LogP contribution in [-0.4, -0.2) is 11.5 Å². The van der Waals surface area contributed by atoms with Crippen molar-refractivity contribution in [2.75, 3.05) is 6.54 Å². The van der Waals surface area contributed by atoms with Crippen LogP contribution in [0.5, 0.6) is 11.6 Å². The number of nitrogens with one attached hydrogen (secondary N) is 1. The minimum absolute atomic E-state index is 0.614. The number of nitrogens with zero attached hydrogens (tertiary/aromatic N) is 1. The summed E-state index contributed by atoms with van der Waals surface area (Å²) < 4.78 is 6.69. The number of hydrogen-bond acceptors (Lipinski definition) is 3. The van der Waals surface area contributed by atoms with Gasteiger partial charge in [-0.05, 0) is 52.7 Å². The van der Waals surface area contributed by atoms with Gasteiger partial charge in [-0.1, -0.05) is 19.1 Å². The van der Waals surface area contributed by atoms with E-state index < -0.39 is 0 Å². The molecular formula is C15H17BrN2O. The van der Waals surface area contributed by atoms with Crippen molar-refractivity contribution in [2.45, 2.75) is 19.9 Å². The highest BCUT2D eigenvalue weighted by atomic mass is 79.9. The zero-order chi connectivity index (χ0) is 13.5. The lowest BCUT2D eigenvalue weighted by Crippen LogP contribution is -2.13. The lowest BCUT2D eigenvalue weighted by molar-refractivity contribution is 0.459. The number of rotatable bonds is 6. The highest BCUT2D eigenvalue weighted by molar-refractivity contribution is 9.10. The molecule has 0 radical (unpaired) electrons. The van der Waals surface area contributed by atoms with Gasteiger partial charge in [-0.3, -0.25) is 0 Å². The molecule has 4 heteroatoms. The van der Waals surface area contributed by atoms with Crippen molar-refractivity contribution < 1.29 is 4.74 Å². The van der Waals surface area contributed by atoms with E-state index in [1.165, 1.54) is 5.56 Å². The summed E-state index contributed by atoms with van der Waals surface area (Å²) in [6.45, 7) is 4.01. The first kappa shape index (κ1) is 14.0. The first-order chi connectivity index (χ1) is 9.29. The number of aromatic nitrogens is 1. The average Bonchev–Trinajstić information content (AvgIpc) is 2.42. The molecule has 0 saturated heterocycles. The number of pyridine rings is 1. The van der Waals surface area contributed by atoms with Crippen LogP contribution in [0.15, 0.2) is 47.1 Å². The van der Waals surface area contributed by atoms with E-state index in [1.807, 2.05) is 36.4 Å². The zero-order valence-corrected chi connectivity index (χ0v) is 12.5. The fraction of sp³-hybridized carbons (Fsp3) is 0.267. The predicted octanol–water partition coefficient (Wildman–Crippen LogP) is 4.14. The van der Waals surface area contributed by atoms with Crippen LogP contribution in [0.4, 0.5) is 0 Å². The van der Waals surface area contributed by atoms with E-state index in [-0.39, 0.29) is 0 Å². The number of hydrogen-bond donors (Lipinski definition) is 1. The molecular weight excluding hydrogens is 304 g/mol. The molecule has 1 aromatic heterocycles. The van der Waals surface area contributed by atoms with Gasteiger partial charge in [-0.2, -0.15) is 0 Å². The SMILES string of the molecule is CCCNCc1ccnc(Oc2ccccc2Br)c1. The second-order valence-electron chi connectivity index (χ2n) is 4.21. The van der Waals surface area contributed by atoms with Gasteiger partial charge in [0, 0.05) is 18.8 Å². The van der Waals surface area contributed by atoms with Crippen molar-refractivity contribution in [1.29, 1.82) is 0 Å². The van der Waals surface area contributed by atoms with E-state index in [2.05, 4.69) is 33.2 Å². The summed E-state index contributed by atoms with van der Waals surface area (Å²) in [7, 11) is 0. The maximum absolute atomic E-state index is 5.77. The Morgan fingerprint density at radius 1 is 1.26 bits per heavy atom. The molecule has 0 bridgehead atoms. The molecule has 2 aromatic rings. The maximum atomic E-state index is 5.77. The van der Waals surface area contributed by atoms with Crippen LogP contribution < -0.4 is 10.1 Å². The number of benzene rings is 1. The van der Waals surface area contributed by atoms with Gasteiger partial charge in [0.15, 0.2) is 0 Å². The molecule has 1 aromatic carbocycles. The smallest absolute Gasteiger partial charge is 0.219 e. The van der Waals surface area contributed by atoms with Gasteiger partial charge in [-0.25, -0.2) is 4.98 Å². The molecule has 0 saturated carbocycles. The second-order valence-corrected chi connectivity index (χ2v) is 5.07. The molecule has 0 aliphatic rings. The van der Waals surface area contributed by atoms with Gasteiger partial charge < -0.3 is 10.1 Å². The highest BCUT2D eigenvalue weighted by Crippen LogP contribution is 2.28. The topological polar surface area (TPSA) is 34.2 Å². The number of halogens is 1. The van der Waals surface area contributed by atoms with Crippen molar-refractivity contribution in [3.05, 3.63) is 52.6 Å². The van der Waals surface area contributed by atoms with Gasteiger partial charge in [0.05, 0.1) is 4.47 Å². The van der Waals surface area contributed by atoms with E-state index in [9.17, 15) is 0 Å². The van der Waals surface area contributed by atoms with Gasteiger partial charge in [0.25, 0.3) is 0 Å².